The van der Waals surface area contributed by atoms with E-state index in [9.17, 15) is 4.79 Å². The second-order valence-electron chi connectivity index (χ2n) is 5.87. The molecule has 21 heavy (non-hydrogen) atoms. The van der Waals surface area contributed by atoms with Crippen LogP contribution < -0.4 is 5.73 Å². The molecule has 1 rings (SSSR count). The van der Waals surface area contributed by atoms with Crippen LogP contribution in [0.25, 0.3) is 0 Å². The Hall–Kier alpha value is -1.35. The van der Waals surface area contributed by atoms with E-state index in [4.69, 9.17) is 5.73 Å². The van der Waals surface area contributed by atoms with Gasteiger partial charge < -0.3 is 10.6 Å². The van der Waals surface area contributed by atoms with E-state index in [-0.39, 0.29) is 11.9 Å². The second kappa shape index (κ2) is 8.18. The Morgan fingerprint density at radius 1 is 1.19 bits per heavy atom. The number of rotatable bonds is 8. The Morgan fingerprint density at radius 2 is 1.76 bits per heavy atom. The minimum Gasteiger partial charge on any atom is -0.335 e. The van der Waals surface area contributed by atoms with E-state index in [0.717, 1.165) is 19.3 Å². The highest BCUT2D eigenvalue weighted by Gasteiger charge is 2.38. The largest absolute Gasteiger partial charge is 0.335 e. The van der Waals surface area contributed by atoms with Crippen molar-refractivity contribution in [2.75, 3.05) is 6.54 Å². The second-order valence-corrected chi connectivity index (χ2v) is 5.87. The fraction of sp³-hybridized carbons (Fsp3) is 0.611. The van der Waals surface area contributed by atoms with Crippen LogP contribution in [0, 0.1) is 5.41 Å². The van der Waals surface area contributed by atoms with Crippen molar-refractivity contribution < 1.29 is 4.79 Å². The molecule has 118 valence electrons. The number of amides is 1. The summed E-state index contributed by atoms with van der Waals surface area (Å²) in [5.74, 6) is 0.202. The quantitative estimate of drug-likeness (QED) is 0.795. The summed E-state index contributed by atoms with van der Waals surface area (Å²) in [7, 11) is 0. The number of benzene rings is 1. The maximum absolute atomic E-state index is 13.1. The molecule has 0 fully saturated rings. The van der Waals surface area contributed by atoms with Gasteiger partial charge in [0, 0.05) is 19.1 Å². The fourth-order valence-corrected chi connectivity index (χ4v) is 2.66. The smallest absolute Gasteiger partial charge is 0.230 e. The van der Waals surface area contributed by atoms with Crippen LogP contribution in [0.1, 0.15) is 52.5 Å². The van der Waals surface area contributed by atoms with Crippen molar-refractivity contribution in [1.82, 2.24) is 4.90 Å². The summed E-state index contributed by atoms with van der Waals surface area (Å²) in [5.41, 5.74) is 6.71. The summed E-state index contributed by atoms with van der Waals surface area (Å²) in [6.07, 6.45) is 2.54. The molecule has 0 aromatic heterocycles. The zero-order valence-electron chi connectivity index (χ0n) is 13.9. The van der Waals surface area contributed by atoms with Crippen LogP contribution >= 0.6 is 0 Å². The zero-order chi connectivity index (χ0) is 15.9. The molecule has 1 aromatic carbocycles. The molecule has 0 saturated heterocycles. The number of carbonyl (C=O) groups is 1. The molecule has 1 aromatic rings. The molecule has 1 amide bonds. The molecule has 0 saturated carbocycles. The molecular formula is C18H30N2O. The van der Waals surface area contributed by atoms with E-state index in [2.05, 4.69) is 39.8 Å². The van der Waals surface area contributed by atoms with Gasteiger partial charge in [-0.15, -0.1) is 0 Å². The Labute approximate surface area is 129 Å². The molecule has 0 heterocycles. The van der Waals surface area contributed by atoms with Crippen LogP contribution in [0.2, 0.25) is 0 Å². The summed E-state index contributed by atoms with van der Waals surface area (Å²) in [5, 5.41) is 0. The van der Waals surface area contributed by atoms with Gasteiger partial charge in [-0.05, 0) is 31.7 Å². The predicted octanol–water partition coefficient (Wildman–Crippen LogP) is 3.58. The summed E-state index contributed by atoms with van der Waals surface area (Å²) < 4.78 is 0. The monoisotopic (exact) mass is 290 g/mol. The minimum absolute atomic E-state index is 0.202. The van der Waals surface area contributed by atoms with Gasteiger partial charge in [-0.2, -0.15) is 0 Å². The van der Waals surface area contributed by atoms with Crippen molar-refractivity contribution in [3.05, 3.63) is 35.9 Å². The van der Waals surface area contributed by atoms with Gasteiger partial charge >= 0.3 is 0 Å². The van der Waals surface area contributed by atoms with Crippen LogP contribution in [0.15, 0.2) is 30.3 Å². The first-order chi connectivity index (χ1) is 10.0. The van der Waals surface area contributed by atoms with Gasteiger partial charge in [-0.25, -0.2) is 0 Å². The summed E-state index contributed by atoms with van der Waals surface area (Å²) in [6.45, 7) is 9.44. The number of nitrogens with zero attached hydrogens (tertiary/aromatic N) is 1. The lowest BCUT2D eigenvalue weighted by molar-refractivity contribution is -0.145. The van der Waals surface area contributed by atoms with Gasteiger partial charge in [0.1, 0.15) is 0 Å². The Morgan fingerprint density at radius 3 is 2.19 bits per heavy atom. The first kappa shape index (κ1) is 17.7. The van der Waals surface area contributed by atoms with E-state index in [1.807, 2.05) is 23.1 Å². The number of nitrogens with two attached hydrogens (primary N) is 1. The van der Waals surface area contributed by atoms with Crippen LogP contribution in [-0.2, 0) is 11.3 Å². The van der Waals surface area contributed by atoms with E-state index in [1.165, 1.54) is 5.56 Å². The third kappa shape index (κ3) is 4.07. The van der Waals surface area contributed by atoms with E-state index in [0.29, 0.717) is 13.1 Å². The molecule has 3 nitrogen and oxygen atoms in total. The van der Waals surface area contributed by atoms with Gasteiger partial charge in [-0.3, -0.25) is 4.79 Å². The van der Waals surface area contributed by atoms with Crippen molar-refractivity contribution in [3.63, 3.8) is 0 Å². The van der Waals surface area contributed by atoms with Crippen molar-refractivity contribution in [1.29, 1.82) is 0 Å². The lowest BCUT2D eigenvalue weighted by Gasteiger charge is -2.38. The highest BCUT2D eigenvalue weighted by molar-refractivity contribution is 5.83. The number of hydrogen-bond donors (Lipinski definition) is 1. The summed E-state index contributed by atoms with van der Waals surface area (Å²) in [6, 6.07) is 10.4. The first-order valence-corrected chi connectivity index (χ1v) is 8.09. The number of carbonyl (C=O) groups excluding carboxylic acids is 1. The molecule has 0 aliphatic rings. The molecule has 0 aliphatic heterocycles. The van der Waals surface area contributed by atoms with Crippen molar-refractivity contribution in [2.45, 2.75) is 59.5 Å². The van der Waals surface area contributed by atoms with Crippen molar-refractivity contribution in [3.8, 4) is 0 Å². The van der Waals surface area contributed by atoms with E-state index < -0.39 is 5.41 Å². The fourth-order valence-electron chi connectivity index (χ4n) is 2.66. The third-order valence-electron chi connectivity index (χ3n) is 4.78. The maximum atomic E-state index is 13.1. The predicted molar refractivity (Wildman–Crippen MR) is 88.8 cm³/mol. The molecule has 0 aliphatic carbocycles. The molecule has 0 radical (unpaired) electrons. The molecule has 2 N–H and O–H groups in total. The van der Waals surface area contributed by atoms with Crippen LogP contribution in [0.5, 0.6) is 0 Å². The summed E-state index contributed by atoms with van der Waals surface area (Å²) >= 11 is 0. The van der Waals surface area contributed by atoms with Gasteiger partial charge in [-0.1, -0.05) is 51.1 Å². The highest BCUT2D eigenvalue weighted by Crippen LogP contribution is 2.30. The highest BCUT2D eigenvalue weighted by atomic mass is 16.2. The van der Waals surface area contributed by atoms with Crippen molar-refractivity contribution >= 4 is 5.91 Å². The topological polar surface area (TPSA) is 46.3 Å². The third-order valence-corrected chi connectivity index (χ3v) is 4.78. The van der Waals surface area contributed by atoms with Crippen LogP contribution in [-0.4, -0.2) is 23.4 Å². The normalized spacial score (nSPS) is 13.0. The Bertz CT molecular complexity index is 418. The number of hydrogen-bond acceptors (Lipinski definition) is 2. The van der Waals surface area contributed by atoms with Gasteiger partial charge in [0.25, 0.3) is 0 Å². The minimum atomic E-state index is -0.418. The van der Waals surface area contributed by atoms with Gasteiger partial charge in [0.15, 0.2) is 0 Å². The van der Waals surface area contributed by atoms with Crippen LogP contribution in [0.4, 0.5) is 0 Å². The van der Waals surface area contributed by atoms with Gasteiger partial charge in [0.2, 0.25) is 5.91 Å². The van der Waals surface area contributed by atoms with E-state index >= 15 is 0 Å². The molecule has 0 bridgehead atoms. The lowest BCUT2D eigenvalue weighted by Crippen LogP contribution is -2.50. The average Bonchev–Trinajstić information content (AvgIpc) is 2.55. The standard InChI is InChI=1S/C18H30N2O/c1-5-15(4)20(13-16-11-9-8-10-12-16)17(21)18(6-2,7-3)14-19/h8-12,15H,5-7,13-14,19H2,1-4H3. The average molecular weight is 290 g/mol. The molecule has 3 heteroatoms. The maximum Gasteiger partial charge on any atom is 0.230 e. The lowest BCUT2D eigenvalue weighted by atomic mass is 9.80. The van der Waals surface area contributed by atoms with E-state index in [1.54, 1.807) is 0 Å². The molecule has 0 spiro atoms. The Balaban J connectivity index is 3.04. The molecular weight excluding hydrogens is 260 g/mol. The Kier molecular flexibility index (Phi) is 6.90. The summed E-state index contributed by atoms with van der Waals surface area (Å²) in [4.78, 5) is 15.1. The molecule has 1 atom stereocenters. The van der Waals surface area contributed by atoms with Crippen molar-refractivity contribution in [2.24, 2.45) is 11.1 Å². The first-order valence-electron chi connectivity index (χ1n) is 8.09. The zero-order valence-corrected chi connectivity index (χ0v) is 13.9. The molecule has 1 unspecified atom stereocenters. The SMILES string of the molecule is CCC(C)N(Cc1ccccc1)C(=O)C(CC)(CC)CN. The van der Waals surface area contributed by atoms with Crippen LogP contribution in [0.3, 0.4) is 0 Å². The van der Waals surface area contributed by atoms with Gasteiger partial charge in [0.05, 0.1) is 5.41 Å².